The molecule has 0 spiro atoms. The molecule has 33 heavy (non-hydrogen) atoms. The van der Waals surface area contributed by atoms with Gasteiger partial charge in [-0.1, -0.05) is 57.2 Å². The lowest BCUT2D eigenvalue weighted by Gasteiger charge is -2.19. The van der Waals surface area contributed by atoms with E-state index < -0.39 is 28.2 Å². The lowest BCUT2D eigenvalue weighted by Crippen LogP contribution is -2.21. The number of Topliss-reactive ketones (excluding diaryl/α,β-unsaturated/α-hetero) is 1. The second-order valence-corrected chi connectivity index (χ2v) is 10.8. The van der Waals surface area contributed by atoms with Gasteiger partial charge < -0.3 is 4.74 Å². The van der Waals surface area contributed by atoms with Crippen LogP contribution in [0.3, 0.4) is 0 Å². The van der Waals surface area contributed by atoms with Crippen LogP contribution >= 0.6 is 0 Å². The maximum atomic E-state index is 13.0. The lowest BCUT2D eigenvalue weighted by atomic mass is 9.86. The molecule has 3 aromatic rings. The monoisotopic (exact) mass is 462 g/mol. The Labute approximate surface area is 192 Å². The maximum Gasteiger partial charge on any atom is 0.338 e. The average Bonchev–Trinajstić information content (AvgIpc) is 2.80. The number of rotatable bonds is 4. The van der Waals surface area contributed by atoms with Crippen LogP contribution in [0.2, 0.25) is 0 Å². The molecular weight excluding hydrogens is 440 g/mol. The normalized spacial score (nSPS) is 14.2. The molecule has 0 saturated carbocycles. The topological polar surface area (TPSA) is 94.6 Å². The highest BCUT2D eigenvalue weighted by molar-refractivity contribution is 7.91. The number of hydrogen-bond acceptors (Lipinski definition) is 6. The molecule has 0 aliphatic carbocycles. The van der Waals surface area contributed by atoms with E-state index in [4.69, 9.17) is 4.74 Å². The van der Waals surface area contributed by atoms with Gasteiger partial charge in [-0.05, 0) is 41.3 Å². The van der Waals surface area contributed by atoms with Crippen molar-refractivity contribution < 1.29 is 27.5 Å². The molecule has 0 unspecified atom stereocenters. The first-order valence-corrected chi connectivity index (χ1v) is 11.8. The van der Waals surface area contributed by atoms with Crippen LogP contribution in [0.4, 0.5) is 0 Å². The van der Waals surface area contributed by atoms with Gasteiger partial charge in [0.05, 0.1) is 15.4 Å². The quantitative estimate of drug-likeness (QED) is 0.330. The summed E-state index contributed by atoms with van der Waals surface area (Å²) in [5.41, 5.74) is 1.47. The Morgan fingerprint density at radius 1 is 0.818 bits per heavy atom. The van der Waals surface area contributed by atoms with Gasteiger partial charge in [0.1, 0.15) is 0 Å². The SMILES string of the molecule is CC(C)(C)c1ccc(C(=O)COC(=O)c2ccc3c(c2)S(=O)(=O)c2ccccc2C3=O)cc1. The van der Waals surface area contributed by atoms with Gasteiger partial charge >= 0.3 is 5.97 Å². The van der Waals surface area contributed by atoms with Crippen LogP contribution in [0.15, 0.2) is 76.5 Å². The van der Waals surface area contributed by atoms with E-state index in [1.165, 1.54) is 30.3 Å². The average molecular weight is 463 g/mol. The molecule has 1 heterocycles. The minimum atomic E-state index is -3.98. The molecule has 168 valence electrons. The van der Waals surface area contributed by atoms with Crippen molar-refractivity contribution in [1.29, 1.82) is 0 Å². The Morgan fingerprint density at radius 3 is 2.09 bits per heavy atom. The minimum absolute atomic E-state index is 0.000245. The first-order chi connectivity index (χ1) is 15.5. The van der Waals surface area contributed by atoms with E-state index in [2.05, 4.69) is 20.8 Å². The van der Waals surface area contributed by atoms with Crippen LogP contribution in [0.5, 0.6) is 0 Å². The van der Waals surface area contributed by atoms with Crippen LogP contribution < -0.4 is 0 Å². The van der Waals surface area contributed by atoms with Gasteiger partial charge in [0.25, 0.3) is 0 Å². The van der Waals surface area contributed by atoms with Gasteiger partial charge in [-0.2, -0.15) is 0 Å². The molecule has 0 N–H and O–H groups in total. The first-order valence-electron chi connectivity index (χ1n) is 10.3. The number of sulfone groups is 1. The molecule has 0 fully saturated rings. The van der Waals surface area contributed by atoms with Gasteiger partial charge in [0.2, 0.25) is 9.84 Å². The minimum Gasteiger partial charge on any atom is -0.454 e. The van der Waals surface area contributed by atoms with Crippen LogP contribution in [0.1, 0.15) is 63.0 Å². The smallest absolute Gasteiger partial charge is 0.338 e. The molecular formula is C26H22O6S. The van der Waals surface area contributed by atoms with Gasteiger partial charge in [-0.15, -0.1) is 0 Å². The number of esters is 1. The van der Waals surface area contributed by atoms with Crippen molar-refractivity contribution in [2.45, 2.75) is 36.0 Å². The third kappa shape index (κ3) is 4.12. The summed E-state index contributed by atoms with van der Waals surface area (Å²) in [6.07, 6.45) is 0. The van der Waals surface area contributed by atoms with Crippen LogP contribution in [0.25, 0.3) is 0 Å². The zero-order chi connectivity index (χ0) is 24.0. The number of carbonyl (C=O) groups is 3. The maximum absolute atomic E-state index is 13.0. The van der Waals surface area contributed by atoms with Crippen LogP contribution in [0, 0.1) is 0 Å². The predicted octanol–water partition coefficient (Wildman–Crippen LogP) is 4.40. The fraction of sp³-hybridized carbons (Fsp3) is 0.192. The molecule has 6 nitrogen and oxygen atoms in total. The van der Waals surface area contributed by atoms with E-state index in [1.54, 1.807) is 18.2 Å². The summed E-state index contributed by atoms with van der Waals surface area (Å²) in [5, 5.41) is 0. The fourth-order valence-electron chi connectivity index (χ4n) is 3.67. The molecule has 4 rings (SSSR count). The second kappa shape index (κ2) is 8.08. The van der Waals surface area contributed by atoms with E-state index in [1.807, 2.05) is 12.1 Å². The molecule has 1 aliphatic rings. The summed E-state index contributed by atoms with van der Waals surface area (Å²) in [5.74, 6) is -1.65. The molecule has 0 atom stereocenters. The third-order valence-corrected chi connectivity index (χ3v) is 7.43. The Balaban J connectivity index is 1.53. The standard InChI is InChI=1S/C26H22O6S/c1-26(2,3)18-11-8-16(9-12-18)21(27)15-32-25(29)17-10-13-20-23(14-17)33(30,31)22-7-5-4-6-19(22)24(20)28/h4-14H,15H2,1-3H3. The van der Waals surface area contributed by atoms with Gasteiger partial charge in [0, 0.05) is 16.7 Å². The van der Waals surface area contributed by atoms with E-state index in [0.29, 0.717) is 5.56 Å². The van der Waals surface area contributed by atoms with Crippen LogP contribution in [-0.2, 0) is 20.0 Å². The number of fused-ring (bicyclic) bond motifs is 2. The summed E-state index contributed by atoms with van der Waals surface area (Å²) in [6.45, 7) is 5.71. The highest BCUT2D eigenvalue weighted by Crippen LogP contribution is 2.34. The number of ketones is 2. The molecule has 0 aromatic heterocycles. The number of hydrogen-bond donors (Lipinski definition) is 0. The Kier molecular flexibility index (Phi) is 5.54. The van der Waals surface area contributed by atoms with Crippen molar-refractivity contribution in [1.82, 2.24) is 0 Å². The molecule has 3 aromatic carbocycles. The van der Waals surface area contributed by atoms with E-state index in [-0.39, 0.29) is 37.7 Å². The second-order valence-electron chi connectivity index (χ2n) is 8.87. The van der Waals surface area contributed by atoms with Gasteiger partial charge in [-0.3, -0.25) is 9.59 Å². The molecule has 0 amide bonds. The van der Waals surface area contributed by atoms with E-state index in [9.17, 15) is 22.8 Å². The fourth-order valence-corrected chi connectivity index (χ4v) is 5.34. The largest absolute Gasteiger partial charge is 0.454 e. The molecule has 0 bridgehead atoms. The van der Waals surface area contributed by atoms with Gasteiger partial charge in [-0.25, -0.2) is 13.2 Å². The summed E-state index contributed by atoms with van der Waals surface area (Å²) in [4.78, 5) is 37.3. The molecule has 0 saturated heterocycles. The number of carbonyl (C=O) groups excluding carboxylic acids is 3. The van der Waals surface area contributed by atoms with Crippen molar-refractivity contribution in [3.8, 4) is 0 Å². The van der Waals surface area contributed by atoms with Crippen molar-refractivity contribution in [2.24, 2.45) is 0 Å². The van der Waals surface area contributed by atoms with E-state index in [0.717, 1.165) is 11.6 Å². The van der Waals surface area contributed by atoms with Crippen molar-refractivity contribution in [3.05, 3.63) is 94.5 Å². The Morgan fingerprint density at radius 2 is 1.42 bits per heavy atom. The first kappa shape index (κ1) is 22.6. The zero-order valence-electron chi connectivity index (χ0n) is 18.4. The summed E-state index contributed by atoms with van der Waals surface area (Å²) >= 11 is 0. The molecule has 0 radical (unpaired) electrons. The number of ether oxygens (including phenoxy) is 1. The highest BCUT2D eigenvalue weighted by atomic mass is 32.2. The summed E-state index contributed by atoms with van der Waals surface area (Å²) in [6, 6.07) is 16.8. The van der Waals surface area contributed by atoms with Gasteiger partial charge in [0.15, 0.2) is 18.2 Å². The van der Waals surface area contributed by atoms with Crippen molar-refractivity contribution in [3.63, 3.8) is 0 Å². The molecule has 1 aliphatic heterocycles. The third-order valence-electron chi connectivity index (χ3n) is 5.58. The number of benzene rings is 3. The Hall–Kier alpha value is -3.58. The zero-order valence-corrected chi connectivity index (χ0v) is 19.2. The predicted molar refractivity (Wildman–Crippen MR) is 122 cm³/mol. The summed E-state index contributed by atoms with van der Waals surface area (Å²) in [7, 11) is -3.98. The van der Waals surface area contributed by atoms with E-state index >= 15 is 0 Å². The summed E-state index contributed by atoms with van der Waals surface area (Å²) < 4.78 is 31.1. The highest BCUT2D eigenvalue weighted by Gasteiger charge is 2.35. The Bertz CT molecular complexity index is 1390. The van der Waals surface area contributed by atoms with Crippen molar-refractivity contribution in [2.75, 3.05) is 6.61 Å². The molecule has 7 heteroatoms. The lowest BCUT2D eigenvalue weighted by molar-refractivity contribution is 0.0474. The van der Waals surface area contributed by atoms with Crippen molar-refractivity contribution >= 4 is 27.4 Å². The van der Waals surface area contributed by atoms with Crippen LogP contribution in [-0.4, -0.2) is 32.6 Å².